The average molecular weight is 521 g/mol. The number of aryl methyl sites for hydroxylation is 1. The normalized spacial score (nSPS) is 22.8. The Balaban J connectivity index is 1.54. The van der Waals surface area contributed by atoms with Crippen LogP contribution in [0.25, 0.3) is 0 Å². The van der Waals surface area contributed by atoms with Crippen LogP contribution in [0.1, 0.15) is 50.7 Å². The predicted octanol–water partition coefficient (Wildman–Crippen LogP) is 2.51. The molecule has 8 heteroatoms. The number of rotatable bonds is 4. The monoisotopic (exact) mass is 520 g/mol. The number of carbonyl (C=O) groups excluding carboxylic acids is 3. The molecule has 1 saturated carbocycles. The Morgan fingerprint density at radius 1 is 0.921 bits per heavy atom. The number of carbonyl (C=O) groups is 3. The number of hydrogen-bond donors (Lipinski definition) is 4. The first-order valence-electron chi connectivity index (χ1n) is 13.7. The summed E-state index contributed by atoms with van der Waals surface area (Å²) < 4.78 is 6.05. The number of hydrogen-bond acceptors (Lipinski definition) is 5. The zero-order valence-electron chi connectivity index (χ0n) is 22.4. The van der Waals surface area contributed by atoms with Crippen molar-refractivity contribution in [1.29, 1.82) is 0 Å². The summed E-state index contributed by atoms with van der Waals surface area (Å²) >= 11 is 0. The van der Waals surface area contributed by atoms with Crippen molar-refractivity contribution in [2.45, 2.75) is 70.0 Å². The number of benzene rings is 2. The predicted molar refractivity (Wildman–Crippen MR) is 147 cm³/mol. The Morgan fingerprint density at radius 3 is 2.39 bits per heavy atom. The first-order valence-corrected chi connectivity index (χ1v) is 13.7. The summed E-state index contributed by atoms with van der Waals surface area (Å²) in [5.74, 6) is 0.383. The van der Waals surface area contributed by atoms with E-state index in [4.69, 9.17) is 4.74 Å². The van der Waals surface area contributed by atoms with Crippen molar-refractivity contribution in [3.63, 3.8) is 0 Å². The highest BCUT2D eigenvalue weighted by Crippen LogP contribution is 2.36. The molecule has 0 unspecified atom stereocenters. The lowest BCUT2D eigenvalue weighted by Gasteiger charge is -2.26. The van der Waals surface area contributed by atoms with Gasteiger partial charge < -0.3 is 26.0 Å². The van der Waals surface area contributed by atoms with Gasteiger partial charge in [0.1, 0.15) is 23.9 Å². The molecule has 38 heavy (non-hydrogen) atoms. The molecule has 204 valence electrons. The van der Waals surface area contributed by atoms with Gasteiger partial charge in [-0.05, 0) is 55.2 Å². The van der Waals surface area contributed by atoms with Crippen LogP contribution in [0, 0.1) is 5.92 Å². The minimum absolute atomic E-state index is 0.197. The summed E-state index contributed by atoms with van der Waals surface area (Å²) in [5, 5.41) is 12.3. The zero-order valence-corrected chi connectivity index (χ0v) is 22.4. The van der Waals surface area contributed by atoms with Gasteiger partial charge in [0.25, 0.3) is 0 Å². The molecule has 0 aromatic heterocycles. The zero-order chi connectivity index (χ0) is 27.0. The highest BCUT2D eigenvalue weighted by molar-refractivity contribution is 5.98. The maximum Gasteiger partial charge on any atom is 0.246 e. The summed E-state index contributed by atoms with van der Waals surface area (Å²) in [4.78, 5) is 39.9. The lowest BCUT2D eigenvalue weighted by molar-refractivity contribution is -0.133. The minimum atomic E-state index is -0.968. The average Bonchev–Trinajstić information content (AvgIpc) is 3.69. The lowest BCUT2D eigenvalue weighted by Crippen LogP contribution is -2.58. The molecule has 0 bridgehead atoms. The second-order valence-corrected chi connectivity index (χ2v) is 10.8. The van der Waals surface area contributed by atoms with Crippen molar-refractivity contribution in [2.24, 2.45) is 5.92 Å². The molecule has 1 spiro atoms. The van der Waals surface area contributed by atoms with Crippen molar-refractivity contribution < 1.29 is 19.1 Å². The largest absolute Gasteiger partial charge is 0.492 e. The Kier molecular flexibility index (Phi) is 9.39. The fourth-order valence-corrected chi connectivity index (χ4v) is 4.83. The van der Waals surface area contributed by atoms with Crippen molar-refractivity contribution in [3.05, 3.63) is 65.7 Å². The molecule has 2 aliphatic rings. The third-order valence-electron chi connectivity index (χ3n) is 7.12. The van der Waals surface area contributed by atoms with Crippen LogP contribution in [0.4, 0.5) is 0 Å². The first kappa shape index (κ1) is 27.6. The summed E-state index contributed by atoms with van der Waals surface area (Å²) in [6, 6.07) is 16.4. The molecular formula is C30H40N4O4. The minimum Gasteiger partial charge on any atom is -0.492 e. The van der Waals surface area contributed by atoms with E-state index in [2.05, 4.69) is 35.1 Å². The van der Waals surface area contributed by atoms with Crippen LogP contribution in [-0.4, -0.2) is 55.0 Å². The van der Waals surface area contributed by atoms with E-state index in [1.807, 2.05) is 54.6 Å². The van der Waals surface area contributed by atoms with E-state index < -0.39 is 17.6 Å². The second kappa shape index (κ2) is 12.9. The van der Waals surface area contributed by atoms with Crippen molar-refractivity contribution in [3.8, 4) is 5.75 Å². The van der Waals surface area contributed by atoms with E-state index in [-0.39, 0.29) is 17.7 Å². The van der Waals surface area contributed by atoms with E-state index in [1.165, 1.54) is 0 Å². The summed E-state index contributed by atoms with van der Waals surface area (Å²) in [6.07, 6.45) is 3.61. The quantitative estimate of drug-likeness (QED) is 0.496. The third-order valence-corrected chi connectivity index (χ3v) is 7.12. The van der Waals surface area contributed by atoms with Gasteiger partial charge in [-0.3, -0.25) is 14.4 Å². The van der Waals surface area contributed by atoms with Crippen LogP contribution < -0.4 is 26.0 Å². The third kappa shape index (κ3) is 7.57. The molecule has 4 rings (SSSR count). The van der Waals surface area contributed by atoms with Crippen molar-refractivity contribution >= 4 is 17.7 Å². The second-order valence-electron chi connectivity index (χ2n) is 10.8. The topological polar surface area (TPSA) is 109 Å². The van der Waals surface area contributed by atoms with Gasteiger partial charge in [0, 0.05) is 19.5 Å². The van der Waals surface area contributed by atoms with Gasteiger partial charge in [-0.1, -0.05) is 62.4 Å². The Bertz CT molecular complexity index is 1100. The molecule has 0 saturated heterocycles. The Hall–Kier alpha value is -3.39. The molecule has 0 radical (unpaired) electrons. The molecule has 1 heterocycles. The van der Waals surface area contributed by atoms with E-state index in [1.54, 1.807) is 0 Å². The van der Waals surface area contributed by atoms with Gasteiger partial charge >= 0.3 is 0 Å². The van der Waals surface area contributed by atoms with Gasteiger partial charge in [-0.2, -0.15) is 0 Å². The van der Waals surface area contributed by atoms with E-state index in [0.717, 1.165) is 29.7 Å². The standard InChI is InChI=1S/C30H40N4O4/c1-21(2)19-24-28(36)34-30(14-15-30)29(37)33-25(20-22-9-4-3-5-10-22)27(35)32-16-8-12-23-11-6-7-13-26(23)38-18-17-31-24/h3-7,9-11,13,21,24-25,31H,8,12,14-20H2,1-2H3,(H,32,35)(H,33,37)(H,34,36)/t24-,25-/m0/s1. The molecule has 1 aliphatic carbocycles. The molecule has 2 atom stereocenters. The van der Waals surface area contributed by atoms with Crippen LogP contribution in [0.15, 0.2) is 54.6 Å². The summed E-state index contributed by atoms with van der Waals surface area (Å²) in [6.45, 7) is 5.55. The molecule has 2 aromatic rings. The lowest BCUT2D eigenvalue weighted by atomic mass is 10.0. The Morgan fingerprint density at radius 2 is 1.66 bits per heavy atom. The molecule has 8 nitrogen and oxygen atoms in total. The first-order chi connectivity index (χ1) is 18.4. The molecular weight excluding hydrogens is 480 g/mol. The maximum atomic E-state index is 13.4. The SMILES string of the molecule is CC(C)C[C@@H]1NCCOc2ccccc2CCCNC(=O)[C@H](Cc2ccccc2)NC(=O)C2(CC2)NC1=O. The number of fused-ring (bicyclic) bond motifs is 1. The van der Waals surface area contributed by atoms with Crippen LogP contribution >= 0.6 is 0 Å². The maximum absolute atomic E-state index is 13.4. The highest BCUT2D eigenvalue weighted by Gasteiger charge is 2.52. The fraction of sp³-hybridized carbons (Fsp3) is 0.500. The van der Waals surface area contributed by atoms with Crippen LogP contribution in [0.2, 0.25) is 0 Å². The highest BCUT2D eigenvalue weighted by atomic mass is 16.5. The van der Waals surface area contributed by atoms with Gasteiger partial charge in [0.2, 0.25) is 17.7 Å². The van der Waals surface area contributed by atoms with E-state index >= 15 is 0 Å². The van der Waals surface area contributed by atoms with Crippen LogP contribution in [0.5, 0.6) is 5.75 Å². The number of ether oxygens (including phenoxy) is 1. The molecule has 1 aliphatic heterocycles. The smallest absolute Gasteiger partial charge is 0.246 e. The van der Waals surface area contributed by atoms with Crippen LogP contribution in [0.3, 0.4) is 0 Å². The summed E-state index contributed by atoms with van der Waals surface area (Å²) in [5.41, 5.74) is 1.06. The van der Waals surface area contributed by atoms with E-state index in [0.29, 0.717) is 51.3 Å². The Labute approximate surface area is 225 Å². The molecule has 2 aromatic carbocycles. The van der Waals surface area contributed by atoms with Gasteiger partial charge in [-0.15, -0.1) is 0 Å². The van der Waals surface area contributed by atoms with Crippen LogP contribution in [-0.2, 0) is 27.2 Å². The molecule has 4 N–H and O–H groups in total. The van der Waals surface area contributed by atoms with Gasteiger partial charge in [-0.25, -0.2) is 0 Å². The van der Waals surface area contributed by atoms with Crippen molar-refractivity contribution in [1.82, 2.24) is 21.3 Å². The summed E-state index contributed by atoms with van der Waals surface area (Å²) in [7, 11) is 0. The fourth-order valence-electron chi connectivity index (χ4n) is 4.83. The number of nitrogens with one attached hydrogen (secondary N) is 4. The molecule has 3 amide bonds. The van der Waals surface area contributed by atoms with Crippen molar-refractivity contribution in [2.75, 3.05) is 19.7 Å². The number of amides is 3. The number of para-hydroxylation sites is 1. The van der Waals surface area contributed by atoms with E-state index in [9.17, 15) is 14.4 Å². The molecule has 1 fully saturated rings. The van der Waals surface area contributed by atoms with Gasteiger partial charge in [0.05, 0.1) is 6.04 Å². The van der Waals surface area contributed by atoms with Gasteiger partial charge in [0.15, 0.2) is 0 Å².